The van der Waals surface area contributed by atoms with Crippen LogP contribution in [-0.2, 0) is 19.1 Å². The van der Waals surface area contributed by atoms with Gasteiger partial charge in [0.15, 0.2) is 0 Å². The van der Waals surface area contributed by atoms with Crippen molar-refractivity contribution in [3.05, 3.63) is 64.2 Å². The topological polar surface area (TPSA) is 55.8 Å². The highest BCUT2D eigenvalue weighted by Gasteiger charge is 2.28. The van der Waals surface area contributed by atoms with E-state index in [0.717, 1.165) is 0 Å². The van der Waals surface area contributed by atoms with Crippen LogP contribution < -0.4 is 4.90 Å². The Morgan fingerprint density at radius 2 is 1.83 bits per heavy atom. The summed E-state index contributed by atoms with van der Waals surface area (Å²) < 4.78 is 24.3. The van der Waals surface area contributed by atoms with E-state index in [-0.39, 0.29) is 17.0 Å². The van der Waals surface area contributed by atoms with Gasteiger partial charge in [0.05, 0.1) is 25.5 Å². The van der Waals surface area contributed by atoms with E-state index in [0.29, 0.717) is 4.47 Å². The van der Waals surface area contributed by atoms with Crippen LogP contribution in [0.1, 0.15) is 0 Å². The van der Waals surface area contributed by atoms with E-state index in [1.165, 1.54) is 43.5 Å². The minimum absolute atomic E-state index is 0.0355. The zero-order valence-corrected chi connectivity index (χ0v) is 14.0. The summed E-state index contributed by atoms with van der Waals surface area (Å²) in [6.07, 6.45) is 5.99. The van der Waals surface area contributed by atoms with Crippen LogP contribution in [0, 0.1) is 5.82 Å². The van der Waals surface area contributed by atoms with Crippen LogP contribution in [-0.4, -0.2) is 26.2 Å². The smallest absolute Gasteiger partial charge is 0.355 e. The van der Waals surface area contributed by atoms with E-state index >= 15 is 0 Å². The molecule has 0 bridgehead atoms. The maximum Gasteiger partial charge on any atom is 0.355 e. The van der Waals surface area contributed by atoms with Gasteiger partial charge in [0.2, 0.25) is 0 Å². The second-order valence-corrected chi connectivity index (χ2v) is 5.33. The quantitative estimate of drug-likeness (QED) is 0.753. The van der Waals surface area contributed by atoms with Crippen molar-refractivity contribution in [3.8, 4) is 0 Å². The Labute approximate surface area is 140 Å². The van der Waals surface area contributed by atoms with Gasteiger partial charge < -0.3 is 14.4 Å². The molecule has 0 spiro atoms. The Hall–Kier alpha value is -2.41. The first-order valence-electron chi connectivity index (χ1n) is 6.49. The van der Waals surface area contributed by atoms with Gasteiger partial charge in [-0.2, -0.15) is 0 Å². The average molecular weight is 382 g/mol. The van der Waals surface area contributed by atoms with Crippen LogP contribution in [0.5, 0.6) is 0 Å². The van der Waals surface area contributed by atoms with Crippen molar-refractivity contribution < 1.29 is 23.5 Å². The summed E-state index contributed by atoms with van der Waals surface area (Å²) in [6, 6.07) is 4.36. The number of allylic oxidation sites excluding steroid dienone is 2. The molecule has 7 heteroatoms. The number of anilines is 1. The number of carbonyl (C=O) groups is 2. The predicted octanol–water partition coefficient (Wildman–Crippen LogP) is 3.08. The van der Waals surface area contributed by atoms with Crippen molar-refractivity contribution in [1.82, 2.24) is 0 Å². The maximum atomic E-state index is 14.3. The Morgan fingerprint density at radius 3 is 2.43 bits per heavy atom. The van der Waals surface area contributed by atoms with Crippen LogP contribution in [0.2, 0.25) is 0 Å². The molecule has 0 radical (unpaired) electrons. The molecular weight excluding hydrogens is 369 g/mol. The monoisotopic (exact) mass is 381 g/mol. The summed E-state index contributed by atoms with van der Waals surface area (Å²) in [4.78, 5) is 25.4. The van der Waals surface area contributed by atoms with Crippen LogP contribution >= 0.6 is 15.9 Å². The van der Waals surface area contributed by atoms with Gasteiger partial charge in [0.1, 0.15) is 11.5 Å². The van der Waals surface area contributed by atoms with Crippen molar-refractivity contribution in [1.29, 1.82) is 0 Å². The number of nitrogens with zero attached hydrogens (tertiary/aromatic N) is 1. The highest BCUT2D eigenvalue weighted by molar-refractivity contribution is 9.10. The first kappa shape index (κ1) is 17.0. The lowest BCUT2D eigenvalue weighted by molar-refractivity contribution is -0.139. The Kier molecular flexibility index (Phi) is 5.33. The highest BCUT2D eigenvalue weighted by atomic mass is 79.9. The molecular formula is C16H13BrFNO4. The third-order valence-electron chi connectivity index (χ3n) is 3.06. The molecule has 5 nitrogen and oxygen atoms in total. The number of rotatable bonds is 3. The summed E-state index contributed by atoms with van der Waals surface area (Å²) in [5.74, 6) is -2.09. The third kappa shape index (κ3) is 3.50. The molecule has 0 unspecified atom stereocenters. The van der Waals surface area contributed by atoms with Crippen molar-refractivity contribution in [2.24, 2.45) is 0 Å². The van der Waals surface area contributed by atoms with Gasteiger partial charge >= 0.3 is 11.9 Å². The zero-order chi connectivity index (χ0) is 17.0. The Morgan fingerprint density at radius 1 is 1.13 bits per heavy atom. The molecule has 1 aromatic carbocycles. The second-order valence-electron chi connectivity index (χ2n) is 4.41. The van der Waals surface area contributed by atoms with E-state index < -0.39 is 17.8 Å². The maximum absolute atomic E-state index is 14.3. The molecule has 0 amide bonds. The molecule has 0 fully saturated rings. The first-order valence-corrected chi connectivity index (χ1v) is 7.29. The van der Waals surface area contributed by atoms with E-state index in [4.69, 9.17) is 9.47 Å². The number of ether oxygens (including phenoxy) is 2. The molecule has 2 rings (SSSR count). The molecule has 23 heavy (non-hydrogen) atoms. The number of carbonyl (C=O) groups excluding carboxylic acids is 2. The number of methoxy groups -OCH3 is 2. The summed E-state index contributed by atoms with van der Waals surface area (Å²) in [5.41, 5.74) is -0.0767. The fourth-order valence-corrected chi connectivity index (χ4v) is 2.36. The minimum atomic E-state index is -0.788. The van der Waals surface area contributed by atoms with Crippen LogP contribution in [0.4, 0.5) is 10.1 Å². The fourth-order valence-electron chi connectivity index (χ4n) is 2.03. The number of hydrogen-bond donors (Lipinski definition) is 0. The second kappa shape index (κ2) is 7.23. The number of hydrogen-bond acceptors (Lipinski definition) is 5. The summed E-state index contributed by atoms with van der Waals surface area (Å²) >= 11 is 3.17. The van der Waals surface area contributed by atoms with Gasteiger partial charge in [-0.05, 0) is 30.4 Å². The van der Waals surface area contributed by atoms with Gasteiger partial charge in [-0.1, -0.05) is 22.0 Å². The molecule has 1 aliphatic heterocycles. The molecule has 120 valence electrons. The normalized spacial score (nSPS) is 13.8. The predicted molar refractivity (Wildman–Crippen MR) is 85.9 cm³/mol. The number of esters is 2. The lowest BCUT2D eigenvalue weighted by Crippen LogP contribution is -2.27. The molecule has 0 saturated carbocycles. The molecule has 1 aliphatic rings. The Bertz CT molecular complexity index is 740. The van der Waals surface area contributed by atoms with Gasteiger partial charge in [0, 0.05) is 10.7 Å². The van der Waals surface area contributed by atoms with Crippen LogP contribution in [0.25, 0.3) is 0 Å². The highest BCUT2D eigenvalue weighted by Crippen LogP contribution is 2.30. The first-order chi connectivity index (χ1) is 11.0. The SMILES string of the molecule is COC(=O)C1=C(C(=O)OC)N(c2ccc(Br)cc2F)C=CC=C1. The molecule has 0 aliphatic carbocycles. The van der Waals surface area contributed by atoms with Gasteiger partial charge in [-0.25, -0.2) is 14.0 Å². The van der Waals surface area contributed by atoms with Gasteiger partial charge in [-0.3, -0.25) is 0 Å². The largest absolute Gasteiger partial charge is 0.465 e. The fraction of sp³-hybridized carbons (Fsp3) is 0.125. The van der Waals surface area contributed by atoms with E-state index in [2.05, 4.69) is 15.9 Å². The summed E-state index contributed by atoms with van der Waals surface area (Å²) in [7, 11) is 2.37. The van der Waals surface area contributed by atoms with Crippen LogP contribution in [0.3, 0.4) is 0 Å². The molecule has 0 saturated heterocycles. The number of benzene rings is 1. The summed E-state index contributed by atoms with van der Waals surface area (Å²) in [6.45, 7) is 0. The Balaban J connectivity index is 2.68. The number of halogens is 2. The molecule has 0 N–H and O–H groups in total. The standard InChI is InChI=1S/C16H13BrFNO4/c1-22-15(20)11-5-3-4-8-19(14(11)16(21)23-2)13-7-6-10(17)9-12(13)18/h3-9H,1-2H3. The summed E-state index contributed by atoms with van der Waals surface area (Å²) in [5, 5.41) is 0. The van der Waals surface area contributed by atoms with Crippen LogP contribution in [0.15, 0.2) is 58.4 Å². The molecule has 0 aromatic heterocycles. The van der Waals surface area contributed by atoms with E-state index in [1.807, 2.05) is 0 Å². The van der Waals surface area contributed by atoms with Gasteiger partial charge in [-0.15, -0.1) is 0 Å². The molecule has 0 atom stereocenters. The van der Waals surface area contributed by atoms with Crippen molar-refractivity contribution in [3.63, 3.8) is 0 Å². The van der Waals surface area contributed by atoms with Gasteiger partial charge in [0.25, 0.3) is 0 Å². The minimum Gasteiger partial charge on any atom is -0.465 e. The van der Waals surface area contributed by atoms with Crippen molar-refractivity contribution in [2.45, 2.75) is 0 Å². The lowest BCUT2D eigenvalue weighted by Gasteiger charge is -2.23. The lowest BCUT2D eigenvalue weighted by atomic mass is 10.1. The zero-order valence-electron chi connectivity index (χ0n) is 12.4. The van der Waals surface area contributed by atoms with E-state index in [9.17, 15) is 14.0 Å². The van der Waals surface area contributed by atoms with E-state index in [1.54, 1.807) is 18.2 Å². The average Bonchev–Trinajstić information content (AvgIpc) is 2.76. The third-order valence-corrected chi connectivity index (χ3v) is 3.55. The van der Waals surface area contributed by atoms with Crippen molar-refractivity contribution >= 4 is 33.6 Å². The van der Waals surface area contributed by atoms with Crippen molar-refractivity contribution in [2.75, 3.05) is 19.1 Å². The molecule has 1 aromatic rings. The molecule has 1 heterocycles.